The Hall–Kier alpha value is -2.04. The van der Waals surface area contributed by atoms with Crippen LogP contribution in [0.5, 0.6) is 5.75 Å². The van der Waals surface area contributed by atoms with Gasteiger partial charge < -0.3 is 10.5 Å². The molecule has 0 aliphatic carbocycles. The monoisotopic (exact) mass is 297 g/mol. The number of nitrogens with one attached hydrogen (secondary N) is 2. The summed E-state index contributed by atoms with van der Waals surface area (Å²) in [5, 5.41) is 0. The van der Waals surface area contributed by atoms with Crippen molar-refractivity contribution in [3.63, 3.8) is 0 Å². The van der Waals surface area contributed by atoms with Gasteiger partial charge in [-0.3, -0.25) is 0 Å². The first-order valence-corrected chi connectivity index (χ1v) is 7.85. The van der Waals surface area contributed by atoms with Crippen LogP contribution in [0.2, 0.25) is 0 Å². The zero-order valence-electron chi connectivity index (χ0n) is 12.9. The average molecular weight is 297 g/mol. The maximum atomic E-state index is 5.74. The molecule has 1 aliphatic rings. The molecule has 1 heterocycles. The van der Waals surface area contributed by atoms with E-state index in [1.54, 1.807) is 0 Å². The fourth-order valence-electron chi connectivity index (χ4n) is 2.74. The largest absolute Gasteiger partial charge is 0.494 e. The molecule has 2 atom stereocenters. The van der Waals surface area contributed by atoms with Gasteiger partial charge in [-0.1, -0.05) is 31.2 Å². The molecule has 22 heavy (non-hydrogen) atoms. The SMILES string of the molecule is CCCOc1ccc(C2CC(c3ccc(N)cc3)NN2)cc1. The number of nitrogen functional groups attached to an aromatic ring is 1. The first-order valence-electron chi connectivity index (χ1n) is 7.85. The molecule has 2 aromatic rings. The van der Waals surface area contributed by atoms with Gasteiger partial charge in [-0.25, -0.2) is 10.9 Å². The third kappa shape index (κ3) is 3.40. The van der Waals surface area contributed by atoms with Crippen LogP contribution in [-0.4, -0.2) is 6.61 Å². The van der Waals surface area contributed by atoms with Crippen LogP contribution in [0.1, 0.15) is 43.0 Å². The number of ether oxygens (including phenoxy) is 1. The highest BCUT2D eigenvalue weighted by atomic mass is 16.5. The van der Waals surface area contributed by atoms with E-state index < -0.39 is 0 Å². The highest BCUT2D eigenvalue weighted by Gasteiger charge is 2.25. The first kappa shape index (κ1) is 14.9. The molecular weight excluding hydrogens is 274 g/mol. The summed E-state index contributed by atoms with van der Waals surface area (Å²) in [5.41, 5.74) is 15.8. The summed E-state index contributed by atoms with van der Waals surface area (Å²) in [6.45, 7) is 2.88. The Morgan fingerprint density at radius 3 is 2.05 bits per heavy atom. The molecule has 0 spiro atoms. The van der Waals surface area contributed by atoms with Crippen molar-refractivity contribution < 1.29 is 4.74 Å². The molecule has 0 amide bonds. The molecule has 0 saturated carbocycles. The van der Waals surface area contributed by atoms with Gasteiger partial charge in [-0.15, -0.1) is 0 Å². The summed E-state index contributed by atoms with van der Waals surface area (Å²) in [6, 6.07) is 17.0. The molecule has 0 aromatic heterocycles. The second-order valence-electron chi connectivity index (χ2n) is 5.71. The van der Waals surface area contributed by atoms with Crippen LogP contribution in [0.25, 0.3) is 0 Å². The summed E-state index contributed by atoms with van der Waals surface area (Å²) in [6.07, 6.45) is 2.04. The highest BCUT2D eigenvalue weighted by molar-refractivity contribution is 5.40. The lowest BCUT2D eigenvalue weighted by Crippen LogP contribution is -2.26. The Morgan fingerprint density at radius 2 is 1.50 bits per heavy atom. The van der Waals surface area contributed by atoms with Crippen LogP contribution in [0.4, 0.5) is 5.69 Å². The summed E-state index contributed by atoms with van der Waals surface area (Å²) < 4.78 is 5.63. The van der Waals surface area contributed by atoms with E-state index in [0.29, 0.717) is 12.1 Å². The van der Waals surface area contributed by atoms with Gasteiger partial charge in [0.05, 0.1) is 6.61 Å². The van der Waals surface area contributed by atoms with Crippen molar-refractivity contribution in [1.82, 2.24) is 10.9 Å². The minimum atomic E-state index is 0.307. The normalized spacial score (nSPS) is 21.0. The van der Waals surface area contributed by atoms with Gasteiger partial charge in [0.2, 0.25) is 0 Å². The van der Waals surface area contributed by atoms with Crippen molar-refractivity contribution in [2.24, 2.45) is 0 Å². The maximum absolute atomic E-state index is 5.74. The maximum Gasteiger partial charge on any atom is 0.119 e. The second-order valence-corrected chi connectivity index (χ2v) is 5.71. The zero-order valence-corrected chi connectivity index (χ0v) is 12.9. The topological polar surface area (TPSA) is 59.3 Å². The number of hydrazine groups is 1. The molecule has 0 bridgehead atoms. The molecule has 4 N–H and O–H groups in total. The Morgan fingerprint density at radius 1 is 0.955 bits per heavy atom. The molecule has 2 aromatic carbocycles. The third-order valence-electron chi connectivity index (χ3n) is 4.00. The van der Waals surface area contributed by atoms with E-state index in [-0.39, 0.29) is 0 Å². The zero-order chi connectivity index (χ0) is 15.4. The number of rotatable bonds is 5. The Kier molecular flexibility index (Phi) is 4.61. The highest BCUT2D eigenvalue weighted by Crippen LogP contribution is 2.31. The van der Waals surface area contributed by atoms with Crippen molar-refractivity contribution >= 4 is 5.69 Å². The Balaban J connectivity index is 1.63. The quantitative estimate of drug-likeness (QED) is 0.741. The third-order valence-corrected chi connectivity index (χ3v) is 4.00. The minimum absolute atomic E-state index is 0.307. The smallest absolute Gasteiger partial charge is 0.119 e. The van der Waals surface area contributed by atoms with E-state index in [0.717, 1.165) is 30.9 Å². The molecule has 1 aliphatic heterocycles. The molecular formula is C18H23N3O. The number of anilines is 1. The predicted molar refractivity (Wildman–Crippen MR) is 89.5 cm³/mol. The Bertz CT molecular complexity index is 595. The van der Waals surface area contributed by atoms with Gasteiger partial charge in [-0.05, 0) is 48.2 Å². The first-order chi connectivity index (χ1) is 10.8. The van der Waals surface area contributed by atoms with Crippen LogP contribution in [0.15, 0.2) is 48.5 Å². The molecule has 4 heteroatoms. The van der Waals surface area contributed by atoms with E-state index in [2.05, 4.69) is 42.0 Å². The van der Waals surface area contributed by atoms with Crippen molar-refractivity contribution in [2.45, 2.75) is 31.8 Å². The molecule has 2 unspecified atom stereocenters. The fourth-order valence-corrected chi connectivity index (χ4v) is 2.74. The van der Waals surface area contributed by atoms with Gasteiger partial charge in [0, 0.05) is 17.8 Å². The number of hydrogen-bond donors (Lipinski definition) is 3. The summed E-state index contributed by atoms with van der Waals surface area (Å²) in [4.78, 5) is 0. The van der Waals surface area contributed by atoms with Gasteiger partial charge >= 0.3 is 0 Å². The van der Waals surface area contributed by atoms with Gasteiger partial charge in [0.25, 0.3) is 0 Å². The second kappa shape index (κ2) is 6.81. The number of benzene rings is 2. The van der Waals surface area contributed by atoms with Gasteiger partial charge in [-0.2, -0.15) is 0 Å². The molecule has 116 valence electrons. The minimum Gasteiger partial charge on any atom is -0.494 e. The lowest BCUT2D eigenvalue weighted by Gasteiger charge is -2.11. The predicted octanol–water partition coefficient (Wildman–Crippen LogP) is 3.34. The van der Waals surface area contributed by atoms with E-state index >= 15 is 0 Å². The van der Waals surface area contributed by atoms with E-state index in [1.165, 1.54) is 11.1 Å². The van der Waals surface area contributed by atoms with Crippen molar-refractivity contribution in [3.05, 3.63) is 59.7 Å². The number of nitrogens with two attached hydrogens (primary N) is 1. The molecule has 4 nitrogen and oxygen atoms in total. The van der Waals surface area contributed by atoms with Crippen molar-refractivity contribution in [2.75, 3.05) is 12.3 Å². The van der Waals surface area contributed by atoms with E-state index in [1.807, 2.05) is 24.3 Å². The van der Waals surface area contributed by atoms with Crippen LogP contribution in [-0.2, 0) is 0 Å². The lowest BCUT2D eigenvalue weighted by atomic mass is 9.97. The van der Waals surface area contributed by atoms with Crippen molar-refractivity contribution in [3.8, 4) is 5.75 Å². The van der Waals surface area contributed by atoms with Crippen LogP contribution in [0.3, 0.4) is 0 Å². The van der Waals surface area contributed by atoms with E-state index in [9.17, 15) is 0 Å². The molecule has 0 radical (unpaired) electrons. The Labute approximate surface area is 131 Å². The lowest BCUT2D eigenvalue weighted by molar-refractivity contribution is 0.317. The summed E-state index contributed by atoms with van der Waals surface area (Å²) >= 11 is 0. The standard InChI is InChI=1S/C18H23N3O/c1-2-11-22-16-9-5-14(6-10-16)18-12-17(20-21-18)13-3-7-15(19)8-4-13/h3-10,17-18,20-21H,2,11-12,19H2,1H3. The molecule has 1 saturated heterocycles. The summed E-state index contributed by atoms with van der Waals surface area (Å²) in [5.74, 6) is 0.937. The molecule has 1 fully saturated rings. The van der Waals surface area contributed by atoms with Crippen LogP contribution >= 0.6 is 0 Å². The van der Waals surface area contributed by atoms with Crippen LogP contribution < -0.4 is 21.3 Å². The molecule has 3 rings (SSSR count). The fraction of sp³-hybridized carbons (Fsp3) is 0.333. The van der Waals surface area contributed by atoms with E-state index in [4.69, 9.17) is 10.5 Å². The van der Waals surface area contributed by atoms with Crippen LogP contribution in [0, 0.1) is 0 Å². The van der Waals surface area contributed by atoms with Gasteiger partial charge in [0.1, 0.15) is 5.75 Å². The average Bonchev–Trinajstić information content (AvgIpc) is 3.04. The number of hydrogen-bond acceptors (Lipinski definition) is 4. The summed E-state index contributed by atoms with van der Waals surface area (Å²) in [7, 11) is 0. The van der Waals surface area contributed by atoms with Gasteiger partial charge in [0.15, 0.2) is 0 Å². The van der Waals surface area contributed by atoms with Crippen molar-refractivity contribution in [1.29, 1.82) is 0 Å².